The zero-order chi connectivity index (χ0) is 11.1. The van der Waals surface area contributed by atoms with E-state index in [0.717, 1.165) is 12.2 Å². The maximum absolute atomic E-state index is 5.83. The lowest BCUT2D eigenvalue weighted by atomic mass is 9.95. The topological polar surface area (TPSA) is 49.9 Å². The minimum absolute atomic E-state index is 0.456. The minimum atomic E-state index is 0.456. The molecule has 0 aromatic carbocycles. The van der Waals surface area contributed by atoms with Crippen LogP contribution >= 0.6 is 0 Å². The van der Waals surface area contributed by atoms with Gasteiger partial charge in [0.15, 0.2) is 0 Å². The van der Waals surface area contributed by atoms with Crippen molar-refractivity contribution in [3.63, 3.8) is 0 Å². The van der Waals surface area contributed by atoms with Crippen LogP contribution in [-0.4, -0.2) is 28.4 Å². The Morgan fingerprint density at radius 2 is 2.31 bits per heavy atom. The summed E-state index contributed by atoms with van der Waals surface area (Å²) in [6.07, 6.45) is 4.64. The van der Waals surface area contributed by atoms with E-state index >= 15 is 0 Å². The van der Waals surface area contributed by atoms with Crippen LogP contribution in [0.3, 0.4) is 0 Å². The summed E-state index contributed by atoms with van der Waals surface area (Å²) < 4.78 is 5.83. The molecule has 2 fully saturated rings. The van der Waals surface area contributed by atoms with Crippen LogP contribution in [0.5, 0.6) is 0 Å². The van der Waals surface area contributed by atoms with Crippen LogP contribution in [-0.2, 0) is 11.3 Å². The molecule has 3 heterocycles. The Morgan fingerprint density at radius 3 is 2.88 bits per heavy atom. The van der Waals surface area contributed by atoms with E-state index in [2.05, 4.69) is 29.4 Å². The smallest absolute Gasteiger partial charge is 0.0733 e. The molecule has 2 aliphatic heterocycles. The van der Waals surface area contributed by atoms with Gasteiger partial charge >= 0.3 is 0 Å². The van der Waals surface area contributed by atoms with Crippen LogP contribution in [0.4, 0.5) is 0 Å². The van der Waals surface area contributed by atoms with Crippen LogP contribution in [0.15, 0.2) is 0 Å². The SMILES string of the molecule is Cc1n[nH]c(C)c1CNC1CC2CCC1O2. The molecule has 88 valence electrons. The zero-order valence-corrected chi connectivity index (χ0v) is 9.92. The first-order chi connectivity index (χ1) is 7.74. The Kier molecular flexibility index (Phi) is 2.48. The molecule has 2 aliphatic rings. The van der Waals surface area contributed by atoms with Gasteiger partial charge in [-0.2, -0.15) is 5.10 Å². The normalized spacial score (nSPS) is 32.5. The summed E-state index contributed by atoms with van der Waals surface area (Å²) in [5.74, 6) is 0. The number of aryl methyl sites for hydroxylation is 2. The third-order valence-corrected chi connectivity index (χ3v) is 3.93. The first-order valence-corrected chi connectivity index (χ1v) is 6.13. The summed E-state index contributed by atoms with van der Waals surface area (Å²) in [6.45, 7) is 5.04. The summed E-state index contributed by atoms with van der Waals surface area (Å²) in [5, 5.41) is 10.9. The number of nitrogens with zero attached hydrogens (tertiary/aromatic N) is 1. The van der Waals surface area contributed by atoms with Gasteiger partial charge in [0.25, 0.3) is 0 Å². The lowest BCUT2D eigenvalue weighted by Crippen LogP contribution is -2.37. The van der Waals surface area contributed by atoms with E-state index in [9.17, 15) is 0 Å². The molecule has 3 rings (SSSR count). The molecule has 3 unspecified atom stereocenters. The average Bonchev–Trinajstić information content (AvgIpc) is 2.94. The molecule has 1 aromatic heterocycles. The highest BCUT2D eigenvalue weighted by Gasteiger charge is 2.40. The predicted octanol–water partition coefficient (Wildman–Crippen LogP) is 1.44. The van der Waals surface area contributed by atoms with Crippen molar-refractivity contribution < 1.29 is 4.74 Å². The van der Waals surface area contributed by atoms with Gasteiger partial charge in [-0.3, -0.25) is 5.10 Å². The van der Waals surface area contributed by atoms with Gasteiger partial charge < -0.3 is 10.1 Å². The lowest BCUT2D eigenvalue weighted by molar-refractivity contribution is 0.0972. The van der Waals surface area contributed by atoms with E-state index in [4.69, 9.17) is 4.74 Å². The van der Waals surface area contributed by atoms with E-state index in [-0.39, 0.29) is 0 Å². The van der Waals surface area contributed by atoms with Gasteiger partial charge in [-0.05, 0) is 33.1 Å². The molecule has 3 atom stereocenters. The first-order valence-electron chi connectivity index (χ1n) is 6.13. The van der Waals surface area contributed by atoms with Gasteiger partial charge in [-0.25, -0.2) is 0 Å². The number of aromatic nitrogens is 2. The summed E-state index contributed by atoms with van der Waals surface area (Å²) in [7, 11) is 0. The molecular weight excluding hydrogens is 202 g/mol. The maximum Gasteiger partial charge on any atom is 0.0733 e. The fourth-order valence-electron chi connectivity index (χ4n) is 2.92. The molecule has 2 N–H and O–H groups in total. The molecule has 0 spiro atoms. The Balaban J connectivity index is 1.61. The molecule has 0 saturated carbocycles. The molecule has 0 radical (unpaired) electrons. The van der Waals surface area contributed by atoms with Gasteiger partial charge in [-0.1, -0.05) is 0 Å². The first kappa shape index (κ1) is 10.3. The van der Waals surface area contributed by atoms with Gasteiger partial charge in [0.2, 0.25) is 0 Å². The third-order valence-electron chi connectivity index (χ3n) is 3.93. The van der Waals surface area contributed by atoms with Crippen molar-refractivity contribution in [2.75, 3.05) is 0 Å². The van der Waals surface area contributed by atoms with Crippen LogP contribution < -0.4 is 5.32 Å². The fraction of sp³-hybridized carbons (Fsp3) is 0.750. The largest absolute Gasteiger partial charge is 0.373 e. The average molecular weight is 221 g/mol. The Bertz CT molecular complexity index is 368. The van der Waals surface area contributed by atoms with Crippen LogP contribution in [0.1, 0.15) is 36.2 Å². The molecule has 4 nitrogen and oxygen atoms in total. The second-order valence-corrected chi connectivity index (χ2v) is 5.01. The second kappa shape index (κ2) is 3.86. The molecular formula is C12H19N3O. The van der Waals surface area contributed by atoms with E-state index < -0.39 is 0 Å². The highest BCUT2D eigenvalue weighted by molar-refractivity contribution is 5.23. The molecule has 2 bridgehead atoms. The monoisotopic (exact) mass is 221 g/mol. The molecule has 0 aliphatic carbocycles. The van der Waals surface area contributed by atoms with E-state index in [0.29, 0.717) is 18.2 Å². The number of ether oxygens (including phenoxy) is 1. The van der Waals surface area contributed by atoms with Crippen molar-refractivity contribution in [3.8, 4) is 0 Å². The van der Waals surface area contributed by atoms with Crippen molar-refractivity contribution in [1.82, 2.24) is 15.5 Å². The number of hydrogen-bond donors (Lipinski definition) is 2. The third kappa shape index (κ3) is 1.66. The van der Waals surface area contributed by atoms with Gasteiger partial charge in [-0.15, -0.1) is 0 Å². The highest BCUT2D eigenvalue weighted by Crippen LogP contribution is 2.34. The molecule has 1 aromatic rings. The van der Waals surface area contributed by atoms with Crippen molar-refractivity contribution in [3.05, 3.63) is 17.0 Å². The maximum atomic E-state index is 5.83. The zero-order valence-electron chi connectivity index (χ0n) is 9.92. The summed E-state index contributed by atoms with van der Waals surface area (Å²) in [4.78, 5) is 0. The molecule has 0 amide bonds. The highest BCUT2D eigenvalue weighted by atomic mass is 16.5. The van der Waals surface area contributed by atoms with Crippen LogP contribution in [0.25, 0.3) is 0 Å². The van der Waals surface area contributed by atoms with Crippen LogP contribution in [0, 0.1) is 13.8 Å². The quantitative estimate of drug-likeness (QED) is 0.812. The predicted molar refractivity (Wildman–Crippen MR) is 61.2 cm³/mol. The van der Waals surface area contributed by atoms with E-state index in [1.54, 1.807) is 0 Å². The number of H-pyrrole nitrogens is 1. The molecule has 16 heavy (non-hydrogen) atoms. The standard InChI is InChI=1S/C12H19N3O/c1-7-10(8(2)15-14-7)6-13-11-5-9-3-4-12(11)16-9/h9,11-13H,3-6H2,1-2H3,(H,14,15). The summed E-state index contributed by atoms with van der Waals surface area (Å²) >= 11 is 0. The fourth-order valence-corrected chi connectivity index (χ4v) is 2.92. The number of fused-ring (bicyclic) bond motifs is 2. The van der Waals surface area contributed by atoms with Crippen LogP contribution in [0.2, 0.25) is 0 Å². The molecule has 4 heteroatoms. The Morgan fingerprint density at radius 1 is 1.44 bits per heavy atom. The van der Waals surface area contributed by atoms with Crippen molar-refractivity contribution in [1.29, 1.82) is 0 Å². The summed E-state index contributed by atoms with van der Waals surface area (Å²) in [6, 6.07) is 0.549. The number of hydrogen-bond acceptors (Lipinski definition) is 3. The van der Waals surface area contributed by atoms with Crippen molar-refractivity contribution in [2.24, 2.45) is 0 Å². The van der Waals surface area contributed by atoms with Gasteiger partial charge in [0, 0.05) is 23.8 Å². The van der Waals surface area contributed by atoms with E-state index in [1.807, 2.05) is 0 Å². The van der Waals surface area contributed by atoms with E-state index in [1.165, 1.54) is 30.5 Å². The molecule has 2 saturated heterocycles. The Labute approximate surface area is 95.8 Å². The minimum Gasteiger partial charge on any atom is -0.373 e. The second-order valence-electron chi connectivity index (χ2n) is 5.01. The van der Waals surface area contributed by atoms with Crippen molar-refractivity contribution >= 4 is 0 Å². The Hall–Kier alpha value is -0.870. The van der Waals surface area contributed by atoms with Crippen molar-refractivity contribution in [2.45, 2.75) is 57.9 Å². The lowest BCUT2D eigenvalue weighted by Gasteiger charge is -2.20. The number of nitrogens with one attached hydrogen (secondary N) is 2. The summed E-state index contributed by atoms with van der Waals surface area (Å²) in [5.41, 5.74) is 3.59. The van der Waals surface area contributed by atoms with Gasteiger partial charge in [0.05, 0.1) is 17.9 Å². The number of rotatable bonds is 3. The van der Waals surface area contributed by atoms with Gasteiger partial charge in [0.1, 0.15) is 0 Å². The number of aromatic amines is 1.